The Balaban J connectivity index is 1.66. The molecule has 4 unspecified atom stereocenters. The lowest BCUT2D eigenvalue weighted by Gasteiger charge is -2.63. The molecule has 0 aromatic carbocycles. The lowest BCUT2D eigenvalue weighted by molar-refractivity contribution is -0.171. The van der Waals surface area contributed by atoms with Crippen molar-refractivity contribution in [2.45, 2.75) is 84.0 Å². The van der Waals surface area contributed by atoms with Crippen LogP contribution < -0.4 is 5.73 Å². The fourth-order valence-corrected chi connectivity index (χ4v) is 7.80. The van der Waals surface area contributed by atoms with Crippen LogP contribution in [0.5, 0.6) is 0 Å². The first-order valence-corrected chi connectivity index (χ1v) is 10.5. The average Bonchev–Trinajstić information content (AvgIpc) is 2.83. The number of aliphatic hydroxyl groups is 1. The molecule has 0 amide bonds. The number of hydrogen-bond donors (Lipinski definition) is 2. The van der Waals surface area contributed by atoms with E-state index in [4.69, 9.17) is 10.5 Å². The first-order chi connectivity index (χ1) is 11.8. The highest BCUT2D eigenvalue weighted by Crippen LogP contribution is 2.66. The lowest BCUT2D eigenvalue weighted by Crippen LogP contribution is -2.62. The van der Waals surface area contributed by atoms with E-state index in [1.54, 1.807) is 0 Å². The molecule has 4 aliphatic carbocycles. The highest BCUT2D eigenvalue weighted by Gasteiger charge is 2.62. The molecule has 0 aromatic rings. The highest BCUT2D eigenvalue weighted by molar-refractivity contribution is 5.23. The van der Waals surface area contributed by atoms with Crippen LogP contribution in [0.2, 0.25) is 0 Å². The summed E-state index contributed by atoms with van der Waals surface area (Å²) in [6.07, 6.45) is 7.70. The number of aliphatic hydroxyl groups excluding tert-OH is 1. The Hall–Kier alpha value is -0.380. The quantitative estimate of drug-likeness (QED) is 0.745. The zero-order valence-corrected chi connectivity index (χ0v) is 16.3. The molecule has 25 heavy (non-hydrogen) atoms. The molecule has 4 aliphatic rings. The van der Waals surface area contributed by atoms with Gasteiger partial charge in [-0.1, -0.05) is 26.0 Å². The number of rotatable bonds is 2. The van der Waals surface area contributed by atoms with Gasteiger partial charge in [-0.15, -0.1) is 0 Å². The molecule has 0 spiro atoms. The van der Waals surface area contributed by atoms with Gasteiger partial charge < -0.3 is 15.6 Å². The van der Waals surface area contributed by atoms with Crippen LogP contribution in [0, 0.1) is 34.5 Å². The fraction of sp³-hybridized carbons (Fsp3) is 0.909. The van der Waals surface area contributed by atoms with Crippen LogP contribution in [0.4, 0.5) is 0 Å². The first-order valence-electron chi connectivity index (χ1n) is 10.5. The van der Waals surface area contributed by atoms with Gasteiger partial charge in [0, 0.05) is 12.6 Å². The van der Waals surface area contributed by atoms with Gasteiger partial charge in [0.05, 0.1) is 12.2 Å². The summed E-state index contributed by atoms with van der Waals surface area (Å²) < 4.78 is 5.94. The first kappa shape index (κ1) is 18.0. The molecule has 4 saturated carbocycles. The standard InChI is InChI=1S/C22H37NO2/c1-5-25-19-12-22(4)14(10-18(19)24)7-8-15-16-9-6-13(2)21(16,3)11-17(23)20(15)22/h14-20,24H,2,5-12,23H2,1,3-4H3/t14?,15-,16-,17?,18?,19?,20-,21+,22-/m0/s1. The molecule has 4 fully saturated rings. The number of hydrogen-bond acceptors (Lipinski definition) is 3. The molecule has 4 rings (SSSR count). The van der Waals surface area contributed by atoms with Crippen LogP contribution in [-0.4, -0.2) is 30.0 Å². The minimum atomic E-state index is -0.300. The van der Waals surface area contributed by atoms with Gasteiger partial charge in [0.15, 0.2) is 0 Å². The predicted octanol–water partition coefficient (Wildman–Crippen LogP) is 3.90. The molecule has 9 atom stereocenters. The largest absolute Gasteiger partial charge is 0.390 e. The molecule has 0 aliphatic heterocycles. The van der Waals surface area contributed by atoms with Gasteiger partial charge >= 0.3 is 0 Å². The van der Waals surface area contributed by atoms with Crippen molar-refractivity contribution in [2.75, 3.05) is 6.61 Å². The van der Waals surface area contributed by atoms with E-state index < -0.39 is 0 Å². The van der Waals surface area contributed by atoms with E-state index in [-0.39, 0.29) is 29.1 Å². The van der Waals surface area contributed by atoms with Crippen molar-refractivity contribution in [3.63, 3.8) is 0 Å². The Morgan fingerprint density at radius 3 is 2.72 bits per heavy atom. The molecule has 3 nitrogen and oxygen atoms in total. The fourth-order valence-electron chi connectivity index (χ4n) is 7.80. The van der Waals surface area contributed by atoms with Gasteiger partial charge in [0.25, 0.3) is 0 Å². The summed E-state index contributed by atoms with van der Waals surface area (Å²) in [7, 11) is 0. The molecule has 3 N–H and O–H groups in total. The van der Waals surface area contributed by atoms with Gasteiger partial charge in [0.1, 0.15) is 0 Å². The maximum Gasteiger partial charge on any atom is 0.0839 e. The van der Waals surface area contributed by atoms with Crippen LogP contribution in [0.3, 0.4) is 0 Å². The molecule has 142 valence electrons. The van der Waals surface area contributed by atoms with Gasteiger partial charge in [-0.25, -0.2) is 0 Å². The molecule has 0 bridgehead atoms. The monoisotopic (exact) mass is 347 g/mol. The van der Waals surface area contributed by atoms with Crippen LogP contribution in [0.15, 0.2) is 12.2 Å². The van der Waals surface area contributed by atoms with Crippen molar-refractivity contribution in [3.8, 4) is 0 Å². The highest BCUT2D eigenvalue weighted by atomic mass is 16.5. The molecular formula is C22H37NO2. The van der Waals surface area contributed by atoms with Gasteiger partial charge in [0.2, 0.25) is 0 Å². The van der Waals surface area contributed by atoms with E-state index in [0.717, 1.165) is 31.1 Å². The summed E-state index contributed by atoms with van der Waals surface area (Å²) in [5.74, 6) is 2.66. The topological polar surface area (TPSA) is 55.5 Å². The molecule has 0 radical (unpaired) electrons. The van der Waals surface area contributed by atoms with Crippen molar-refractivity contribution in [1.82, 2.24) is 0 Å². The summed E-state index contributed by atoms with van der Waals surface area (Å²) in [4.78, 5) is 0. The second-order valence-electron chi connectivity index (χ2n) is 10.0. The van der Waals surface area contributed by atoms with Crippen molar-refractivity contribution < 1.29 is 9.84 Å². The third-order valence-electron chi connectivity index (χ3n) is 9.00. The van der Waals surface area contributed by atoms with Crippen LogP contribution in [-0.2, 0) is 4.74 Å². The van der Waals surface area contributed by atoms with E-state index in [1.807, 2.05) is 6.92 Å². The predicted molar refractivity (Wildman–Crippen MR) is 101 cm³/mol. The van der Waals surface area contributed by atoms with Crippen LogP contribution >= 0.6 is 0 Å². The maximum absolute atomic E-state index is 10.6. The Kier molecular flexibility index (Phi) is 4.37. The van der Waals surface area contributed by atoms with Crippen molar-refractivity contribution in [3.05, 3.63) is 12.2 Å². The van der Waals surface area contributed by atoms with E-state index in [9.17, 15) is 5.11 Å². The van der Waals surface area contributed by atoms with E-state index in [2.05, 4.69) is 20.4 Å². The average molecular weight is 348 g/mol. The van der Waals surface area contributed by atoms with Crippen molar-refractivity contribution in [1.29, 1.82) is 0 Å². The van der Waals surface area contributed by atoms with E-state index >= 15 is 0 Å². The van der Waals surface area contributed by atoms with Gasteiger partial charge in [-0.05, 0) is 86.4 Å². The molecule has 0 heterocycles. The smallest absolute Gasteiger partial charge is 0.0839 e. The summed E-state index contributed by atoms with van der Waals surface area (Å²) in [5.41, 5.74) is 8.82. The minimum absolute atomic E-state index is 0.0101. The van der Waals surface area contributed by atoms with Crippen molar-refractivity contribution >= 4 is 0 Å². The third kappa shape index (κ3) is 2.49. The summed E-state index contributed by atoms with van der Waals surface area (Å²) in [6.45, 7) is 12.0. The SMILES string of the molecule is C=C1CC[C@H]2[C@@H]3CCC4CC(O)C(OCC)C[C@]4(C)[C@@H]3C(N)C[C@]12C. The Labute approximate surface area is 153 Å². The van der Waals surface area contributed by atoms with Crippen LogP contribution in [0.25, 0.3) is 0 Å². The molecule has 0 aromatic heterocycles. The van der Waals surface area contributed by atoms with E-state index in [0.29, 0.717) is 18.4 Å². The summed E-state index contributed by atoms with van der Waals surface area (Å²) in [6, 6.07) is 0.256. The molecule has 0 saturated heterocycles. The number of fused-ring (bicyclic) bond motifs is 5. The maximum atomic E-state index is 10.6. The molecule has 3 heteroatoms. The lowest BCUT2D eigenvalue weighted by atomic mass is 9.43. The normalized spacial score (nSPS) is 55.4. The van der Waals surface area contributed by atoms with Crippen molar-refractivity contribution in [2.24, 2.45) is 40.2 Å². The van der Waals surface area contributed by atoms with Gasteiger partial charge in [-0.2, -0.15) is 0 Å². The Bertz CT molecular complexity index is 548. The molecular weight excluding hydrogens is 310 g/mol. The summed E-state index contributed by atoms with van der Waals surface area (Å²) in [5, 5.41) is 10.6. The Morgan fingerprint density at radius 1 is 1.24 bits per heavy atom. The number of allylic oxidation sites excluding steroid dienone is 1. The second-order valence-corrected chi connectivity index (χ2v) is 10.0. The third-order valence-corrected chi connectivity index (χ3v) is 9.00. The zero-order valence-electron chi connectivity index (χ0n) is 16.3. The number of nitrogens with two attached hydrogens (primary N) is 1. The van der Waals surface area contributed by atoms with Gasteiger partial charge in [-0.3, -0.25) is 0 Å². The van der Waals surface area contributed by atoms with Crippen LogP contribution in [0.1, 0.15) is 65.7 Å². The number of ether oxygens (including phenoxy) is 1. The minimum Gasteiger partial charge on any atom is -0.390 e. The second kappa shape index (κ2) is 6.07. The van der Waals surface area contributed by atoms with E-state index in [1.165, 1.54) is 31.3 Å². The summed E-state index contributed by atoms with van der Waals surface area (Å²) >= 11 is 0. The zero-order chi connectivity index (χ0) is 18.0. The Morgan fingerprint density at radius 2 is 2.00 bits per heavy atom.